The molecule has 1 heterocycles. The number of unbranched alkanes of at least 4 members (excludes halogenated alkanes) is 1. The predicted molar refractivity (Wildman–Crippen MR) is 155 cm³/mol. The number of carbonyl (C=O) groups excluding carboxylic acids is 1. The Kier molecular flexibility index (Phi) is 19.3. The van der Waals surface area contributed by atoms with Gasteiger partial charge in [0.1, 0.15) is 6.29 Å². The van der Waals surface area contributed by atoms with Crippen LogP contribution in [0.1, 0.15) is 36.8 Å². The molecule has 0 amide bonds. The Morgan fingerprint density at radius 1 is 1.14 bits per heavy atom. The van der Waals surface area contributed by atoms with E-state index in [1.165, 1.54) is 25.0 Å². The smallest absolute Gasteiger partial charge is 0.124 e. The molecular formula is C30H45N5O. The van der Waals surface area contributed by atoms with Crippen LogP contribution in [0.2, 0.25) is 0 Å². The fourth-order valence-electron chi connectivity index (χ4n) is 3.44. The summed E-state index contributed by atoms with van der Waals surface area (Å²) >= 11 is 0. The second-order valence-electron chi connectivity index (χ2n) is 8.44. The largest absolute Gasteiger partial charge is 0.320 e. The molecule has 1 aliphatic rings. The van der Waals surface area contributed by atoms with Gasteiger partial charge in [-0.05, 0) is 95.5 Å². The van der Waals surface area contributed by atoms with Crippen molar-refractivity contribution < 1.29 is 4.79 Å². The molecule has 6 nitrogen and oxygen atoms in total. The van der Waals surface area contributed by atoms with Crippen LogP contribution >= 0.6 is 0 Å². The number of aldehydes is 1. The molecule has 0 bridgehead atoms. The van der Waals surface area contributed by atoms with Crippen molar-refractivity contribution >= 4 is 13.0 Å². The quantitative estimate of drug-likeness (QED) is 0.189. The van der Waals surface area contributed by atoms with Crippen LogP contribution in [0.3, 0.4) is 0 Å². The number of carbonyl (C=O) groups is 1. The van der Waals surface area contributed by atoms with Gasteiger partial charge in [0.15, 0.2) is 0 Å². The molecule has 1 aliphatic carbocycles. The maximum Gasteiger partial charge on any atom is 0.124 e. The summed E-state index contributed by atoms with van der Waals surface area (Å²) in [5.41, 5.74) is 9.30. The number of hydrogen-bond acceptors (Lipinski definition) is 6. The Labute approximate surface area is 218 Å². The number of nitrogens with one attached hydrogen (secondary N) is 2. The van der Waals surface area contributed by atoms with Gasteiger partial charge in [0.2, 0.25) is 0 Å². The van der Waals surface area contributed by atoms with E-state index in [1.54, 1.807) is 12.4 Å². The van der Waals surface area contributed by atoms with Crippen molar-refractivity contribution in [3.05, 3.63) is 102 Å². The first kappa shape index (κ1) is 32.8. The first-order valence-corrected chi connectivity index (χ1v) is 12.3. The maximum absolute atomic E-state index is 9.95. The fraction of sp³-hybridized carbons (Fsp3) is 0.367. The second-order valence-corrected chi connectivity index (χ2v) is 8.44. The molecule has 36 heavy (non-hydrogen) atoms. The minimum Gasteiger partial charge on any atom is -0.320 e. The summed E-state index contributed by atoms with van der Waals surface area (Å²) in [6.07, 6.45) is 17.6. The van der Waals surface area contributed by atoms with Crippen LogP contribution in [0, 0.1) is 5.41 Å². The van der Waals surface area contributed by atoms with Gasteiger partial charge in [-0.15, -0.1) is 6.58 Å². The highest BCUT2D eigenvalue weighted by atomic mass is 16.1. The summed E-state index contributed by atoms with van der Waals surface area (Å²) in [7, 11) is 6.22. The highest BCUT2D eigenvalue weighted by molar-refractivity contribution is 5.54. The van der Waals surface area contributed by atoms with Crippen LogP contribution in [0.5, 0.6) is 0 Å². The molecule has 0 spiro atoms. The molecule has 0 saturated carbocycles. The minimum atomic E-state index is -0.522. The number of hydrogen-bond donors (Lipinski definition) is 3. The van der Waals surface area contributed by atoms with Crippen LogP contribution in [-0.2, 0) is 16.8 Å². The molecule has 1 aromatic heterocycles. The minimum absolute atomic E-state index is 0.489. The first-order valence-electron chi connectivity index (χ1n) is 12.3. The van der Waals surface area contributed by atoms with Crippen LogP contribution < -0.4 is 11.1 Å². The lowest BCUT2D eigenvalue weighted by molar-refractivity contribution is -0.107. The molecule has 4 N–H and O–H groups in total. The standard InChI is InChI=1S/C15H17N.C7H18N2.C7H7NO.CH3N/c1-2-15(16,13-9-5-3-6-10-13)14-11-7-4-8-12-14;1-8-6-4-5-7-9(2)3;9-6-3-7-1-4-8-5-2-7;1-2/h2-7,9-11H,1,8,12,16H2;8H,4-7H2,1-3H3;1-2,4-6H,3H2;2H,1H2. The third kappa shape index (κ3) is 13.6. The number of allylic oxidation sites excluding steroid dienone is 3. The summed E-state index contributed by atoms with van der Waals surface area (Å²) in [6, 6.07) is 13.8. The Morgan fingerprint density at radius 2 is 1.81 bits per heavy atom. The number of nitrogens with zero attached hydrogens (tertiary/aromatic N) is 2. The average Bonchev–Trinajstić information content (AvgIpc) is 2.94. The molecule has 0 fully saturated rings. The van der Waals surface area contributed by atoms with E-state index in [0.29, 0.717) is 6.42 Å². The zero-order chi connectivity index (χ0) is 27.1. The Balaban J connectivity index is 0.000000528. The van der Waals surface area contributed by atoms with Gasteiger partial charge in [0.25, 0.3) is 0 Å². The van der Waals surface area contributed by atoms with Gasteiger partial charge >= 0.3 is 0 Å². The molecule has 1 atom stereocenters. The van der Waals surface area contributed by atoms with Crippen molar-refractivity contribution in [1.82, 2.24) is 15.2 Å². The van der Waals surface area contributed by atoms with Gasteiger partial charge in [-0.25, -0.2) is 0 Å². The van der Waals surface area contributed by atoms with Gasteiger partial charge in [0.05, 0.1) is 5.54 Å². The molecule has 6 heteroatoms. The highest BCUT2D eigenvalue weighted by Crippen LogP contribution is 2.32. The van der Waals surface area contributed by atoms with Gasteiger partial charge in [-0.1, -0.05) is 54.6 Å². The molecule has 2 aromatic rings. The van der Waals surface area contributed by atoms with Crippen molar-refractivity contribution in [1.29, 1.82) is 5.41 Å². The number of benzene rings is 1. The number of nitrogens with two attached hydrogens (primary N) is 1. The zero-order valence-corrected chi connectivity index (χ0v) is 22.3. The Morgan fingerprint density at radius 3 is 2.31 bits per heavy atom. The lowest BCUT2D eigenvalue weighted by Gasteiger charge is -2.30. The number of aromatic nitrogens is 1. The normalized spacial score (nSPS) is 13.3. The van der Waals surface area contributed by atoms with E-state index < -0.39 is 5.54 Å². The first-order chi connectivity index (χ1) is 17.5. The molecule has 0 saturated heterocycles. The van der Waals surface area contributed by atoms with Crippen LogP contribution in [-0.4, -0.2) is 57.1 Å². The van der Waals surface area contributed by atoms with E-state index in [0.717, 1.165) is 36.8 Å². The van der Waals surface area contributed by atoms with E-state index >= 15 is 0 Å². The molecule has 3 rings (SSSR count). The summed E-state index contributed by atoms with van der Waals surface area (Å²) in [5.74, 6) is 0. The van der Waals surface area contributed by atoms with Crippen LogP contribution in [0.25, 0.3) is 0 Å². The second kappa shape index (κ2) is 21.1. The number of pyridine rings is 1. The molecule has 196 valence electrons. The highest BCUT2D eigenvalue weighted by Gasteiger charge is 2.27. The van der Waals surface area contributed by atoms with Gasteiger partial charge in [-0.2, -0.15) is 0 Å². The van der Waals surface area contributed by atoms with Crippen LogP contribution in [0.4, 0.5) is 0 Å². The van der Waals surface area contributed by atoms with Gasteiger partial charge in [0, 0.05) is 18.8 Å². The van der Waals surface area contributed by atoms with Gasteiger partial charge < -0.3 is 26.2 Å². The number of rotatable bonds is 10. The van der Waals surface area contributed by atoms with E-state index in [2.05, 4.69) is 73.0 Å². The van der Waals surface area contributed by atoms with E-state index in [9.17, 15) is 4.79 Å². The summed E-state index contributed by atoms with van der Waals surface area (Å²) in [6.45, 7) is 8.75. The third-order valence-corrected chi connectivity index (χ3v) is 5.47. The molecule has 0 radical (unpaired) electrons. The maximum atomic E-state index is 9.95. The summed E-state index contributed by atoms with van der Waals surface area (Å²) < 4.78 is 0. The average molecular weight is 492 g/mol. The lowest BCUT2D eigenvalue weighted by atomic mass is 9.80. The molecule has 1 aromatic carbocycles. The van der Waals surface area contributed by atoms with E-state index in [-0.39, 0.29) is 0 Å². The monoisotopic (exact) mass is 491 g/mol. The summed E-state index contributed by atoms with van der Waals surface area (Å²) in [4.78, 5) is 16.0. The van der Waals surface area contributed by atoms with Crippen molar-refractivity contribution in [2.75, 3.05) is 34.2 Å². The van der Waals surface area contributed by atoms with Crippen LogP contribution in [0.15, 0.2) is 91.3 Å². The van der Waals surface area contributed by atoms with Crippen molar-refractivity contribution in [3.63, 3.8) is 0 Å². The Bertz CT molecular complexity index is 881. The van der Waals surface area contributed by atoms with Crippen molar-refractivity contribution in [3.8, 4) is 0 Å². The zero-order valence-electron chi connectivity index (χ0n) is 22.3. The summed E-state index contributed by atoms with van der Waals surface area (Å²) in [5, 5.41) is 8.62. The molecule has 1 unspecified atom stereocenters. The lowest BCUT2D eigenvalue weighted by Crippen LogP contribution is -2.36. The topological polar surface area (TPSA) is 95.1 Å². The van der Waals surface area contributed by atoms with E-state index in [4.69, 9.17) is 11.1 Å². The molecule has 0 aliphatic heterocycles. The third-order valence-electron chi connectivity index (χ3n) is 5.47. The SMILES string of the molecule is C=CC(N)(C1=CC=CCC1)c1ccccc1.C=N.CNCCCCN(C)C.O=CCc1ccncc1. The van der Waals surface area contributed by atoms with Crippen molar-refractivity contribution in [2.24, 2.45) is 5.73 Å². The van der Waals surface area contributed by atoms with E-state index in [1.807, 2.05) is 43.5 Å². The molecular weight excluding hydrogens is 446 g/mol. The van der Waals surface area contributed by atoms with Crippen molar-refractivity contribution in [2.45, 2.75) is 37.6 Å². The predicted octanol–water partition coefficient (Wildman–Crippen LogP) is 4.94. The Hall–Kier alpha value is -3.19. The fourth-order valence-corrected chi connectivity index (χ4v) is 3.44. The van der Waals surface area contributed by atoms with Gasteiger partial charge in [-0.3, -0.25) is 4.98 Å².